The van der Waals surface area contributed by atoms with Crippen molar-refractivity contribution < 1.29 is 38.5 Å². The molecule has 0 radical (unpaired) electrons. The van der Waals surface area contributed by atoms with Gasteiger partial charge in [-0.05, 0) is 76.2 Å². The Labute approximate surface area is 304 Å². The van der Waals surface area contributed by atoms with Crippen LogP contribution in [0.5, 0.6) is 0 Å². The third-order valence-electron chi connectivity index (χ3n) is 11.1. The predicted octanol–water partition coefficient (Wildman–Crippen LogP) is 4.55. The molecule has 284 valence electrons. The number of nitrogens with one attached hydrogen (secondary N) is 2. The lowest BCUT2D eigenvalue weighted by Gasteiger charge is -2.43. The predicted molar refractivity (Wildman–Crippen MR) is 195 cm³/mol. The standard InChI is InChI=1S/C40H61N3O8/c1-26(24-39(7)36(51-39)28(3)34(49-8)29(4)44)13-12-14-27(2)35-38(5,6)18-17-30(50-35)23-31(45)42-25-40(19-20-40)37(48)41-21-10-9-11-22-43-32(46)15-16-33(43)47/h9,11-16,26,28-30,34-36,44H,10,17-25H2,1-8H3,(H,41,48)(H,42,45)/b11-9+,13-12+,27-14+/t26-,28-,29-,30-,34-,35-,36-,39-/m1/s1. The van der Waals surface area contributed by atoms with Crippen molar-refractivity contribution in [3.8, 4) is 0 Å². The van der Waals surface area contributed by atoms with Gasteiger partial charge in [0.25, 0.3) is 11.8 Å². The molecule has 0 unspecified atom stereocenters. The van der Waals surface area contributed by atoms with Gasteiger partial charge < -0.3 is 30.0 Å². The molecule has 2 saturated heterocycles. The number of hydrogen-bond acceptors (Lipinski definition) is 8. The summed E-state index contributed by atoms with van der Waals surface area (Å²) in [6.45, 7) is 15.6. The van der Waals surface area contributed by atoms with Crippen molar-refractivity contribution in [3.05, 3.63) is 48.1 Å². The van der Waals surface area contributed by atoms with E-state index in [0.717, 1.165) is 42.6 Å². The molecule has 3 N–H and O–H groups in total. The summed E-state index contributed by atoms with van der Waals surface area (Å²) in [6.07, 6.45) is 16.3. The second kappa shape index (κ2) is 17.1. The molecular weight excluding hydrogens is 650 g/mol. The van der Waals surface area contributed by atoms with Gasteiger partial charge in [0.2, 0.25) is 11.8 Å². The summed E-state index contributed by atoms with van der Waals surface area (Å²) in [4.78, 5) is 50.3. The van der Waals surface area contributed by atoms with Crippen LogP contribution >= 0.6 is 0 Å². The van der Waals surface area contributed by atoms with Gasteiger partial charge in [-0.1, -0.05) is 58.1 Å². The van der Waals surface area contributed by atoms with Gasteiger partial charge in [-0.15, -0.1) is 0 Å². The first-order chi connectivity index (χ1) is 24.0. The first-order valence-electron chi connectivity index (χ1n) is 18.6. The zero-order chi connectivity index (χ0) is 37.6. The van der Waals surface area contributed by atoms with Crippen molar-refractivity contribution >= 4 is 23.6 Å². The highest BCUT2D eigenvalue weighted by Gasteiger charge is 2.57. The molecule has 4 aliphatic rings. The molecule has 4 rings (SSSR count). The molecule has 0 spiro atoms. The Balaban J connectivity index is 1.18. The van der Waals surface area contributed by atoms with Crippen LogP contribution in [-0.4, -0.2) is 96.5 Å². The smallest absolute Gasteiger partial charge is 0.253 e. The van der Waals surface area contributed by atoms with Crippen LogP contribution in [0.2, 0.25) is 0 Å². The second-order valence-electron chi connectivity index (χ2n) is 16.2. The maximum Gasteiger partial charge on any atom is 0.253 e. The minimum Gasteiger partial charge on any atom is -0.391 e. The molecule has 1 saturated carbocycles. The number of epoxide rings is 1. The molecule has 3 fully saturated rings. The van der Waals surface area contributed by atoms with E-state index in [1.807, 2.05) is 6.08 Å². The summed E-state index contributed by atoms with van der Waals surface area (Å²) in [5.74, 6) is -0.425. The van der Waals surface area contributed by atoms with Crippen LogP contribution in [0.3, 0.4) is 0 Å². The number of allylic oxidation sites excluding steroid dienone is 3. The van der Waals surface area contributed by atoms with Crippen molar-refractivity contribution in [3.63, 3.8) is 0 Å². The molecule has 51 heavy (non-hydrogen) atoms. The van der Waals surface area contributed by atoms with E-state index in [2.05, 4.69) is 70.4 Å². The van der Waals surface area contributed by atoms with Gasteiger partial charge >= 0.3 is 0 Å². The normalized spacial score (nSPS) is 29.3. The average Bonchev–Trinajstić information content (AvgIpc) is 3.96. The molecule has 0 aromatic heterocycles. The minimum absolute atomic E-state index is 0.0503. The maximum atomic E-state index is 13.0. The average molecular weight is 712 g/mol. The molecule has 0 aromatic rings. The van der Waals surface area contributed by atoms with E-state index in [1.165, 1.54) is 12.2 Å². The van der Waals surface area contributed by atoms with Crippen LogP contribution in [0.15, 0.2) is 48.1 Å². The van der Waals surface area contributed by atoms with Crippen molar-refractivity contribution in [2.24, 2.45) is 22.7 Å². The summed E-state index contributed by atoms with van der Waals surface area (Å²) >= 11 is 0. The van der Waals surface area contributed by atoms with Crippen LogP contribution in [0.25, 0.3) is 0 Å². The first kappa shape index (κ1) is 40.6. The van der Waals surface area contributed by atoms with Gasteiger partial charge in [-0.25, -0.2) is 0 Å². The molecule has 8 atom stereocenters. The third-order valence-corrected chi connectivity index (χ3v) is 11.1. The summed E-state index contributed by atoms with van der Waals surface area (Å²) in [6, 6.07) is 0. The van der Waals surface area contributed by atoms with Crippen LogP contribution in [-0.2, 0) is 33.4 Å². The van der Waals surface area contributed by atoms with E-state index in [1.54, 1.807) is 20.1 Å². The van der Waals surface area contributed by atoms with Gasteiger partial charge in [-0.3, -0.25) is 24.1 Å². The quantitative estimate of drug-likeness (QED) is 0.0582. The highest BCUT2D eigenvalue weighted by Crippen LogP contribution is 2.48. The van der Waals surface area contributed by atoms with E-state index in [4.69, 9.17) is 14.2 Å². The fourth-order valence-electron chi connectivity index (χ4n) is 7.83. The summed E-state index contributed by atoms with van der Waals surface area (Å²) in [7, 11) is 1.63. The fraction of sp³-hybridized carbons (Fsp3) is 0.700. The number of aliphatic hydroxyl groups excluding tert-OH is 1. The molecule has 3 heterocycles. The van der Waals surface area contributed by atoms with E-state index in [0.29, 0.717) is 19.5 Å². The van der Waals surface area contributed by atoms with E-state index < -0.39 is 11.5 Å². The van der Waals surface area contributed by atoms with Gasteiger partial charge in [-0.2, -0.15) is 0 Å². The molecule has 11 nitrogen and oxygen atoms in total. The van der Waals surface area contributed by atoms with Crippen LogP contribution < -0.4 is 10.6 Å². The third kappa shape index (κ3) is 10.7. The molecule has 4 amide bonds. The number of carbonyl (C=O) groups excluding carboxylic acids is 4. The number of ether oxygens (including phenoxy) is 3. The lowest BCUT2D eigenvalue weighted by Crippen LogP contribution is -2.44. The van der Waals surface area contributed by atoms with Gasteiger partial charge in [0, 0.05) is 44.8 Å². The highest BCUT2D eigenvalue weighted by atomic mass is 16.6. The first-order valence-corrected chi connectivity index (χ1v) is 18.6. The number of nitrogens with zero attached hydrogens (tertiary/aromatic N) is 1. The van der Waals surface area contributed by atoms with E-state index in [9.17, 15) is 24.3 Å². The Bertz CT molecular complexity index is 1380. The Morgan fingerprint density at radius 2 is 1.76 bits per heavy atom. The number of methoxy groups -OCH3 is 1. The number of aliphatic hydroxyl groups is 1. The molecule has 11 heteroatoms. The summed E-state index contributed by atoms with van der Waals surface area (Å²) in [5.41, 5.74) is 0.245. The zero-order valence-electron chi connectivity index (χ0n) is 31.9. The van der Waals surface area contributed by atoms with Crippen molar-refractivity contribution in [2.45, 2.75) is 130 Å². The van der Waals surface area contributed by atoms with Gasteiger partial charge in [0.05, 0.1) is 48.0 Å². The SMILES string of the molecule is CO[C@H]([C@@H](C)[C@H]1O[C@]1(C)C[C@H](C)/C=C/C=C(\C)[C@H]1O[C@@H](CC(=O)NCC2(C(=O)NCC/C=C/CN3C(=O)C=CC3=O)CC2)CCC1(C)C)[C@@H](C)O. The lowest BCUT2D eigenvalue weighted by atomic mass is 9.75. The highest BCUT2D eigenvalue weighted by molar-refractivity contribution is 6.12. The molecule has 3 aliphatic heterocycles. The van der Waals surface area contributed by atoms with Crippen LogP contribution in [0.1, 0.15) is 93.4 Å². The molecular formula is C40H61N3O8. The van der Waals surface area contributed by atoms with Gasteiger partial charge in [0.1, 0.15) is 0 Å². The maximum absolute atomic E-state index is 13.0. The van der Waals surface area contributed by atoms with Crippen molar-refractivity contribution in [2.75, 3.05) is 26.7 Å². The van der Waals surface area contributed by atoms with Gasteiger partial charge in [0.15, 0.2) is 0 Å². The largest absolute Gasteiger partial charge is 0.391 e. The summed E-state index contributed by atoms with van der Waals surface area (Å²) in [5, 5.41) is 16.0. The number of amides is 4. The van der Waals surface area contributed by atoms with Crippen LogP contribution in [0, 0.1) is 22.7 Å². The number of hydrogen-bond donors (Lipinski definition) is 3. The van der Waals surface area contributed by atoms with Crippen molar-refractivity contribution in [1.82, 2.24) is 15.5 Å². The Morgan fingerprint density at radius 3 is 2.39 bits per heavy atom. The topological polar surface area (TPSA) is 147 Å². The zero-order valence-corrected chi connectivity index (χ0v) is 31.9. The summed E-state index contributed by atoms with van der Waals surface area (Å²) < 4.78 is 18.2. The monoisotopic (exact) mass is 711 g/mol. The Kier molecular flexibility index (Phi) is 13.7. The van der Waals surface area contributed by atoms with E-state index in [-0.39, 0.29) is 83.9 Å². The fourth-order valence-corrected chi connectivity index (χ4v) is 7.83. The number of imide groups is 1. The van der Waals surface area contributed by atoms with E-state index >= 15 is 0 Å². The number of rotatable bonds is 19. The molecule has 1 aliphatic carbocycles. The van der Waals surface area contributed by atoms with Crippen molar-refractivity contribution in [1.29, 1.82) is 0 Å². The molecule has 0 aromatic carbocycles. The second-order valence-corrected chi connectivity index (χ2v) is 16.2. The minimum atomic E-state index is -0.563. The molecule has 0 bridgehead atoms. The number of carbonyl (C=O) groups is 4. The Morgan fingerprint density at radius 1 is 1.08 bits per heavy atom. The lowest BCUT2D eigenvalue weighted by molar-refractivity contribution is -0.136. The Hall–Kier alpha value is -3.12. The van der Waals surface area contributed by atoms with Crippen LogP contribution in [0.4, 0.5) is 0 Å².